The molecule has 0 amide bonds. The second kappa shape index (κ2) is 4.74. The van der Waals surface area contributed by atoms with Gasteiger partial charge in [0.2, 0.25) is 0 Å². The largest absolute Gasteiger partial charge is 0.374 e. The van der Waals surface area contributed by atoms with Crippen LogP contribution in [0, 0.1) is 6.92 Å². The van der Waals surface area contributed by atoms with E-state index in [1.54, 1.807) is 0 Å². The second-order valence-corrected chi connectivity index (χ2v) is 5.44. The Bertz CT molecular complexity index is 794. The first-order valence-corrected chi connectivity index (χ1v) is 7.20. The van der Waals surface area contributed by atoms with Gasteiger partial charge in [-0.1, -0.05) is 42.5 Å². The highest BCUT2D eigenvalue weighted by atomic mass is 14.9. The zero-order valence-corrected chi connectivity index (χ0v) is 11.9. The van der Waals surface area contributed by atoms with Crippen LogP contribution in [0.3, 0.4) is 0 Å². The Labute approximate surface area is 124 Å². The van der Waals surface area contributed by atoms with Crippen LogP contribution in [-0.4, -0.2) is 4.98 Å². The van der Waals surface area contributed by atoms with Crippen molar-refractivity contribution in [2.45, 2.75) is 13.0 Å². The van der Waals surface area contributed by atoms with Crippen molar-refractivity contribution in [3.8, 4) is 11.1 Å². The highest BCUT2D eigenvalue weighted by molar-refractivity contribution is 5.80. The maximum Gasteiger partial charge on any atom is 0.0794 e. The summed E-state index contributed by atoms with van der Waals surface area (Å²) < 4.78 is 0. The third-order valence-corrected chi connectivity index (χ3v) is 4.03. The number of aromatic nitrogens is 1. The Kier molecular flexibility index (Phi) is 2.74. The zero-order valence-electron chi connectivity index (χ0n) is 11.9. The van der Waals surface area contributed by atoms with Crippen LogP contribution in [0.2, 0.25) is 0 Å². The lowest BCUT2D eigenvalue weighted by Gasteiger charge is -2.17. The van der Waals surface area contributed by atoms with Crippen molar-refractivity contribution in [3.63, 3.8) is 0 Å². The van der Waals surface area contributed by atoms with Gasteiger partial charge in [-0.25, -0.2) is 0 Å². The topological polar surface area (TPSA) is 24.9 Å². The Morgan fingerprint density at radius 3 is 2.48 bits per heavy atom. The molecular formula is C19H16N2. The van der Waals surface area contributed by atoms with Gasteiger partial charge in [0, 0.05) is 23.1 Å². The van der Waals surface area contributed by atoms with Gasteiger partial charge in [0.25, 0.3) is 0 Å². The number of para-hydroxylation sites is 1. The summed E-state index contributed by atoms with van der Waals surface area (Å²) in [6, 6.07) is 21.3. The number of rotatable bonds is 2. The number of aryl methyl sites for hydroxylation is 1. The van der Waals surface area contributed by atoms with Gasteiger partial charge < -0.3 is 5.32 Å². The minimum atomic E-state index is 0.173. The van der Waals surface area contributed by atoms with E-state index in [0.717, 1.165) is 11.4 Å². The molecule has 0 unspecified atom stereocenters. The van der Waals surface area contributed by atoms with E-state index < -0.39 is 0 Å². The molecule has 2 heteroatoms. The van der Waals surface area contributed by atoms with Crippen molar-refractivity contribution in [1.82, 2.24) is 4.98 Å². The number of hydrogen-bond donors (Lipinski definition) is 1. The first-order chi connectivity index (χ1) is 10.3. The van der Waals surface area contributed by atoms with Crippen molar-refractivity contribution < 1.29 is 0 Å². The number of anilines is 1. The van der Waals surface area contributed by atoms with Crippen LogP contribution in [0.1, 0.15) is 22.9 Å². The molecule has 1 aliphatic carbocycles. The van der Waals surface area contributed by atoms with Gasteiger partial charge >= 0.3 is 0 Å². The predicted molar refractivity (Wildman–Crippen MR) is 86.3 cm³/mol. The van der Waals surface area contributed by atoms with Crippen LogP contribution >= 0.6 is 0 Å². The van der Waals surface area contributed by atoms with Crippen LogP contribution < -0.4 is 5.32 Å². The number of fused-ring (bicyclic) bond motifs is 3. The molecule has 0 saturated heterocycles. The molecule has 1 aromatic heterocycles. The molecule has 0 saturated carbocycles. The normalized spacial score (nSPS) is 15.4. The van der Waals surface area contributed by atoms with E-state index in [9.17, 15) is 0 Å². The van der Waals surface area contributed by atoms with Gasteiger partial charge in [-0.2, -0.15) is 0 Å². The molecular weight excluding hydrogens is 256 g/mol. The number of hydrogen-bond acceptors (Lipinski definition) is 2. The van der Waals surface area contributed by atoms with E-state index in [1.807, 2.05) is 19.2 Å². The van der Waals surface area contributed by atoms with Crippen molar-refractivity contribution in [2.75, 3.05) is 5.32 Å². The summed E-state index contributed by atoms with van der Waals surface area (Å²) in [6.07, 6.45) is 2.01. The number of nitrogens with one attached hydrogen (secondary N) is 1. The smallest absolute Gasteiger partial charge is 0.0794 e. The van der Waals surface area contributed by atoms with Gasteiger partial charge in [-0.3, -0.25) is 4.98 Å². The van der Waals surface area contributed by atoms with Crippen LogP contribution in [0.4, 0.5) is 5.69 Å². The molecule has 0 spiro atoms. The Morgan fingerprint density at radius 1 is 0.857 bits per heavy atom. The average Bonchev–Trinajstić information content (AvgIpc) is 2.82. The van der Waals surface area contributed by atoms with Gasteiger partial charge in [0.15, 0.2) is 0 Å². The van der Waals surface area contributed by atoms with E-state index >= 15 is 0 Å². The molecule has 1 heterocycles. The van der Waals surface area contributed by atoms with Crippen LogP contribution in [-0.2, 0) is 0 Å². The maximum atomic E-state index is 4.49. The summed E-state index contributed by atoms with van der Waals surface area (Å²) in [5, 5.41) is 3.63. The number of pyridine rings is 1. The maximum absolute atomic E-state index is 4.49. The molecule has 1 aliphatic rings. The number of benzene rings is 2. The third kappa shape index (κ3) is 2.00. The van der Waals surface area contributed by atoms with E-state index in [0.29, 0.717) is 0 Å². The summed E-state index contributed by atoms with van der Waals surface area (Å²) in [6.45, 7) is 2.04. The highest BCUT2D eigenvalue weighted by Crippen LogP contribution is 2.44. The summed E-state index contributed by atoms with van der Waals surface area (Å²) in [5.41, 5.74) is 7.38. The number of nitrogens with zero attached hydrogens (tertiary/aromatic N) is 1. The molecule has 0 radical (unpaired) electrons. The van der Waals surface area contributed by atoms with Gasteiger partial charge in [0.05, 0.1) is 6.04 Å². The van der Waals surface area contributed by atoms with Crippen LogP contribution in [0.15, 0.2) is 66.9 Å². The quantitative estimate of drug-likeness (QED) is 0.739. The fourth-order valence-corrected chi connectivity index (χ4v) is 3.05. The Hall–Kier alpha value is -2.61. The first-order valence-electron chi connectivity index (χ1n) is 7.20. The van der Waals surface area contributed by atoms with E-state index in [1.165, 1.54) is 22.3 Å². The van der Waals surface area contributed by atoms with Gasteiger partial charge in [-0.05, 0) is 41.8 Å². The van der Waals surface area contributed by atoms with Gasteiger partial charge in [0.1, 0.15) is 0 Å². The summed E-state index contributed by atoms with van der Waals surface area (Å²) in [5.74, 6) is 0. The van der Waals surface area contributed by atoms with E-state index in [-0.39, 0.29) is 6.04 Å². The minimum absolute atomic E-state index is 0.173. The molecule has 2 aromatic carbocycles. The molecule has 3 aromatic rings. The fourth-order valence-electron chi connectivity index (χ4n) is 3.05. The molecule has 0 bridgehead atoms. The SMILES string of the molecule is Cc1cc2c(cn1)[C@@H](Nc1ccccc1)c1ccccc1-2. The molecule has 21 heavy (non-hydrogen) atoms. The lowest BCUT2D eigenvalue weighted by molar-refractivity contribution is 0.958. The van der Waals surface area contributed by atoms with E-state index in [4.69, 9.17) is 0 Å². The van der Waals surface area contributed by atoms with Crippen molar-refractivity contribution in [2.24, 2.45) is 0 Å². The fraction of sp³-hybridized carbons (Fsp3) is 0.105. The monoisotopic (exact) mass is 272 g/mol. The van der Waals surface area contributed by atoms with Gasteiger partial charge in [-0.15, -0.1) is 0 Å². The highest BCUT2D eigenvalue weighted by Gasteiger charge is 2.28. The Balaban J connectivity index is 1.85. The molecule has 1 atom stereocenters. The van der Waals surface area contributed by atoms with Crippen molar-refractivity contribution >= 4 is 5.69 Å². The molecule has 0 fully saturated rings. The molecule has 102 valence electrons. The van der Waals surface area contributed by atoms with Crippen molar-refractivity contribution in [3.05, 3.63) is 83.7 Å². The zero-order chi connectivity index (χ0) is 14.2. The second-order valence-electron chi connectivity index (χ2n) is 5.44. The van der Waals surface area contributed by atoms with E-state index in [2.05, 4.69) is 64.9 Å². The van der Waals surface area contributed by atoms with Crippen LogP contribution in [0.25, 0.3) is 11.1 Å². The lowest BCUT2D eigenvalue weighted by atomic mass is 10.1. The molecule has 1 N–H and O–H groups in total. The standard InChI is InChI=1S/C19H16N2/c1-13-11-17-15-9-5-6-10-16(15)19(18(17)12-20-13)21-14-7-3-2-4-8-14/h2-12,19,21H,1H3/t19-/m0/s1. The lowest BCUT2D eigenvalue weighted by Crippen LogP contribution is -2.09. The van der Waals surface area contributed by atoms with Crippen molar-refractivity contribution in [1.29, 1.82) is 0 Å². The third-order valence-electron chi connectivity index (χ3n) is 4.03. The average molecular weight is 272 g/mol. The van der Waals surface area contributed by atoms with Crippen LogP contribution in [0.5, 0.6) is 0 Å². The minimum Gasteiger partial charge on any atom is -0.374 e. The molecule has 0 aliphatic heterocycles. The summed E-state index contributed by atoms with van der Waals surface area (Å²) in [7, 11) is 0. The predicted octanol–water partition coefficient (Wildman–Crippen LogP) is 4.57. The molecule has 4 rings (SSSR count). The Morgan fingerprint density at radius 2 is 1.62 bits per heavy atom. The molecule has 2 nitrogen and oxygen atoms in total. The first kappa shape index (κ1) is 12.2. The summed E-state index contributed by atoms with van der Waals surface area (Å²) in [4.78, 5) is 4.49. The summed E-state index contributed by atoms with van der Waals surface area (Å²) >= 11 is 0.